The van der Waals surface area contributed by atoms with Gasteiger partial charge in [0.2, 0.25) is 5.95 Å². The predicted molar refractivity (Wildman–Crippen MR) is 102 cm³/mol. The average molecular weight is 373 g/mol. The van der Waals surface area contributed by atoms with E-state index in [4.69, 9.17) is 0 Å². The highest BCUT2D eigenvalue weighted by Crippen LogP contribution is 2.25. The van der Waals surface area contributed by atoms with Crippen molar-refractivity contribution in [2.75, 3.05) is 49.1 Å². The Labute approximate surface area is 158 Å². The summed E-state index contributed by atoms with van der Waals surface area (Å²) in [6, 6.07) is 6.57. The van der Waals surface area contributed by atoms with Crippen molar-refractivity contribution in [2.45, 2.75) is 25.3 Å². The van der Waals surface area contributed by atoms with E-state index in [1.165, 1.54) is 12.1 Å². The third-order valence-electron chi connectivity index (χ3n) is 5.61. The van der Waals surface area contributed by atoms with Crippen LogP contribution in [-0.2, 0) is 0 Å². The molecule has 3 heterocycles. The quantitative estimate of drug-likeness (QED) is 0.827. The van der Waals surface area contributed by atoms with E-state index in [1.54, 1.807) is 18.5 Å². The molecule has 1 aromatic heterocycles. The number of rotatable bonds is 3. The topological polar surface area (TPSA) is 35.5 Å². The minimum Gasteiger partial charge on any atom is -0.371 e. The Morgan fingerprint density at radius 2 is 1.59 bits per heavy atom. The standard InChI is InChI=1S/C20H25F2N5/c21-18-4-3-17(15-19(18)22)26-11-5-16(6-12-26)25-9-2-10-27(14-13-25)20-23-7-1-8-24-20/h1,3-4,7-8,15-16H,2,5-6,9-14H2. The number of benzene rings is 1. The van der Waals surface area contributed by atoms with Crippen molar-refractivity contribution < 1.29 is 8.78 Å². The molecule has 1 aromatic carbocycles. The van der Waals surface area contributed by atoms with E-state index in [9.17, 15) is 8.78 Å². The number of piperidine rings is 1. The Bertz CT molecular complexity index is 749. The molecule has 2 aromatic rings. The fraction of sp³-hybridized carbons (Fsp3) is 0.500. The molecule has 0 saturated carbocycles. The second-order valence-electron chi connectivity index (χ2n) is 7.24. The third-order valence-corrected chi connectivity index (χ3v) is 5.61. The Kier molecular flexibility index (Phi) is 5.48. The van der Waals surface area contributed by atoms with Crippen LogP contribution >= 0.6 is 0 Å². The van der Waals surface area contributed by atoms with E-state index in [0.717, 1.165) is 70.2 Å². The lowest BCUT2D eigenvalue weighted by molar-refractivity contribution is 0.180. The minimum absolute atomic E-state index is 0.545. The number of hydrogen-bond acceptors (Lipinski definition) is 5. The van der Waals surface area contributed by atoms with E-state index < -0.39 is 11.6 Å². The molecule has 0 amide bonds. The largest absolute Gasteiger partial charge is 0.371 e. The molecule has 0 atom stereocenters. The second-order valence-corrected chi connectivity index (χ2v) is 7.24. The van der Waals surface area contributed by atoms with Crippen LogP contribution in [-0.4, -0.2) is 60.2 Å². The molecule has 144 valence electrons. The lowest BCUT2D eigenvalue weighted by atomic mass is 10.0. The molecule has 2 aliphatic rings. The molecule has 5 nitrogen and oxygen atoms in total. The van der Waals surface area contributed by atoms with E-state index >= 15 is 0 Å². The Balaban J connectivity index is 1.32. The number of hydrogen-bond donors (Lipinski definition) is 0. The van der Waals surface area contributed by atoms with Crippen molar-refractivity contribution >= 4 is 11.6 Å². The van der Waals surface area contributed by atoms with Gasteiger partial charge in [-0.25, -0.2) is 18.7 Å². The van der Waals surface area contributed by atoms with Gasteiger partial charge in [-0.3, -0.25) is 4.90 Å². The van der Waals surface area contributed by atoms with E-state index in [0.29, 0.717) is 6.04 Å². The number of aromatic nitrogens is 2. The summed E-state index contributed by atoms with van der Waals surface area (Å²) in [6.07, 6.45) is 6.77. The minimum atomic E-state index is -0.787. The smallest absolute Gasteiger partial charge is 0.225 e. The van der Waals surface area contributed by atoms with Gasteiger partial charge in [-0.05, 0) is 37.5 Å². The Morgan fingerprint density at radius 3 is 2.33 bits per heavy atom. The van der Waals surface area contributed by atoms with Gasteiger partial charge >= 0.3 is 0 Å². The van der Waals surface area contributed by atoms with Crippen molar-refractivity contribution in [3.63, 3.8) is 0 Å². The zero-order valence-electron chi connectivity index (χ0n) is 15.4. The van der Waals surface area contributed by atoms with Gasteiger partial charge < -0.3 is 9.80 Å². The van der Waals surface area contributed by atoms with E-state index in [1.807, 2.05) is 6.07 Å². The summed E-state index contributed by atoms with van der Waals surface area (Å²) in [6.45, 7) is 5.75. The van der Waals surface area contributed by atoms with Gasteiger partial charge in [0.25, 0.3) is 0 Å². The van der Waals surface area contributed by atoms with Crippen LogP contribution in [0.15, 0.2) is 36.7 Å². The highest BCUT2D eigenvalue weighted by Gasteiger charge is 2.27. The molecular formula is C20H25F2N5. The maximum atomic E-state index is 13.5. The van der Waals surface area contributed by atoms with Gasteiger partial charge in [0, 0.05) is 69.5 Å². The highest BCUT2D eigenvalue weighted by molar-refractivity contribution is 5.47. The van der Waals surface area contributed by atoms with Gasteiger partial charge in [0.15, 0.2) is 11.6 Å². The molecule has 2 aliphatic heterocycles. The maximum Gasteiger partial charge on any atom is 0.225 e. The second kappa shape index (κ2) is 8.17. The van der Waals surface area contributed by atoms with Crippen molar-refractivity contribution in [1.29, 1.82) is 0 Å². The molecule has 2 fully saturated rings. The summed E-state index contributed by atoms with van der Waals surface area (Å²) in [5.41, 5.74) is 0.774. The molecule has 0 spiro atoms. The third kappa shape index (κ3) is 4.18. The first-order valence-corrected chi connectivity index (χ1v) is 9.67. The van der Waals surface area contributed by atoms with Crippen LogP contribution in [0.3, 0.4) is 0 Å². The fourth-order valence-corrected chi connectivity index (χ4v) is 4.13. The summed E-state index contributed by atoms with van der Waals surface area (Å²) in [4.78, 5) is 15.7. The highest BCUT2D eigenvalue weighted by atomic mass is 19.2. The Hall–Kier alpha value is -2.28. The van der Waals surface area contributed by atoms with Crippen LogP contribution in [0, 0.1) is 11.6 Å². The van der Waals surface area contributed by atoms with Crippen molar-refractivity contribution in [1.82, 2.24) is 14.9 Å². The first kappa shape index (κ1) is 18.1. The number of halogens is 2. The van der Waals surface area contributed by atoms with Crippen molar-refractivity contribution in [3.05, 3.63) is 48.3 Å². The zero-order chi connectivity index (χ0) is 18.6. The van der Waals surface area contributed by atoms with Crippen LogP contribution in [0.4, 0.5) is 20.4 Å². The van der Waals surface area contributed by atoms with Gasteiger partial charge in [-0.15, -0.1) is 0 Å². The molecule has 0 unspecified atom stereocenters. The zero-order valence-corrected chi connectivity index (χ0v) is 15.4. The summed E-state index contributed by atoms with van der Waals surface area (Å²) >= 11 is 0. The molecular weight excluding hydrogens is 348 g/mol. The van der Waals surface area contributed by atoms with E-state index in [-0.39, 0.29) is 0 Å². The summed E-state index contributed by atoms with van der Waals surface area (Å²) in [5, 5.41) is 0. The van der Waals surface area contributed by atoms with Crippen LogP contribution in [0.25, 0.3) is 0 Å². The fourth-order valence-electron chi connectivity index (χ4n) is 4.13. The van der Waals surface area contributed by atoms with Crippen molar-refractivity contribution in [3.8, 4) is 0 Å². The van der Waals surface area contributed by atoms with Gasteiger partial charge in [0.05, 0.1) is 0 Å². The molecule has 4 rings (SSSR count). The summed E-state index contributed by atoms with van der Waals surface area (Å²) in [5.74, 6) is -0.747. The lowest BCUT2D eigenvalue weighted by Gasteiger charge is -2.39. The van der Waals surface area contributed by atoms with Crippen molar-refractivity contribution in [2.24, 2.45) is 0 Å². The van der Waals surface area contributed by atoms with Crippen LogP contribution in [0.1, 0.15) is 19.3 Å². The van der Waals surface area contributed by atoms with Crippen LogP contribution < -0.4 is 9.80 Å². The SMILES string of the molecule is Fc1ccc(N2CCC(N3CCCN(c4ncccn4)CC3)CC2)cc1F. The van der Waals surface area contributed by atoms with Gasteiger partial charge in [-0.1, -0.05) is 0 Å². The predicted octanol–water partition coefficient (Wildman–Crippen LogP) is 2.94. The summed E-state index contributed by atoms with van der Waals surface area (Å²) < 4.78 is 26.6. The molecule has 2 saturated heterocycles. The average Bonchev–Trinajstić information content (AvgIpc) is 2.97. The number of anilines is 2. The molecule has 7 heteroatoms. The lowest BCUT2D eigenvalue weighted by Crippen LogP contribution is -2.46. The van der Waals surface area contributed by atoms with Gasteiger partial charge in [-0.2, -0.15) is 0 Å². The normalized spacial score (nSPS) is 19.9. The molecule has 0 radical (unpaired) electrons. The van der Waals surface area contributed by atoms with Crippen LogP contribution in [0.5, 0.6) is 0 Å². The monoisotopic (exact) mass is 373 g/mol. The molecule has 0 bridgehead atoms. The van der Waals surface area contributed by atoms with Gasteiger partial charge in [0.1, 0.15) is 0 Å². The van der Waals surface area contributed by atoms with Crippen LogP contribution in [0.2, 0.25) is 0 Å². The first-order chi connectivity index (χ1) is 13.2. The molecule has 27 heavy (non-hydrogen) atoms. The molecule has 0 aliphatic carbocycles. The maximum absolute atomic E-state index is 13.5. The van der Waals surface area contributed by atoms with E-state index in [2.05, 4.69) is 24.7 Å². The Morgan fingerprint density at radius 1 is 0.815 bits per heavy atom. The molecule has 0 N–H and O–H groups in total. The first-order valence-electron chi connectivity index (χ1n) is 9.67. The summed E-state index contributed by atoms with van der Waals surface area (Å²) in [7, 11) is 0. The number of nitrogens with zero attached hydrogens (tertiary/aromatic N) is 5.